The molecule has 1 aromatic heterocycles. The van der Waals surface area contributed by atoms with E-state index in [-0.39, 0.29) is 5.56 Å². The molecule has 4 rings (SSSR count). The van der Waals surface area contributed by atoms with Crippen LogP contribution in [0.3, 0.4) is 0 Å². The van der Waals surface area contributed by atoms with E-state index in [0.29, 0.717) is 46.8 Å². The molecule has 0 fully saturated rings. The van der Waals surface area contributed by atoms with Gasteiger partial charge in [0, 0.05) is 20.9 Å². The lowest BCUT2D eigenvalue weighted by Crippen LogP contribution is -2.22. The van der Waals surface area contributed by atoms with E-state index in [9.17, 15) is 4.79 Å². The number of aromatic nitrogens is 2. The van der Waals surface area contributed by atoms with Crippen LogP contribution in [0.4, 0.5) is 0 Å². The first kappa shape index (κ1) is 25.1. The van der Waals surface area contributed by atoms with E-state index < -0.39 is 0 Å². The molecule has 0 bridgehead atoms. The fourth-order valence-corrected chi connectivity index (χ4v) is 4.47. The predicted octanol–water partition coefficient (Wildman–Crippen LogP) is 6.65. The van der Waals surface area contributed by atoms with Crippen molar-refractivity contribution in [3.63, 3.8) is 0 Å². The Balaban J connectivity index is 1.77. The molecule has 180 valence electrons. The summed E-state index contributed by atoms with van der Waals surface area (Å²) < 4.78 is 14.7. The highest BCUT2D eigenvalue weighted by Crippen LogP contribution is 2.34. The van der Waals surface area contributed by atoms with Crippen molar-refractivity contribution in [1.82, 2.24) is 9.66 Å². The van der Waals surface area contributed by atoms with Gasteiger partial charge in [-0.05, 0) is 49.2 Å². The Kier molecular flexibility index (Phi) is 8.03. The summed E-state index contributed by atoms with van der Waals surface area (Å²) in [6.45, 7) is 4.46. The smallest absolute Gasteiger partial charge is 0.282 e. The number of halogens is 2. The monoisotopic (exact) mass is 597 g/mol. The molecule has 0 spiro atoms. The van der Waals surface area contributed by atoms with Crippen molar-refractivity contribution in [1.29, 1.82) is 0 Å². The Labute approximate surface area is 220 Å². The summed E-state index contributed by atoms with van der Waals surface area (Å²) in [4.78, 5) is 18.0. The minimum Gasteiger partial charge on any atom is -0.493 e. The first-order chi connectivity index (χ1) is 16.9. The van der Waals surface area contributed by atoms with Crippen molar-refractivity contribution in [2.24, 2.45) is 5.10 Å². The summed E-state index contributed by atoms with van der Waals surface area (Å²) in [5, 5.41) is 5.06. The maximum absolute atomic E-state index is 13.3. The minimum absolute atomic E-state index is 0.222. The van der Waals surface area contributed by atoms with Gasteiger partial charge in [-0.1, -0.05) is 68.6 Å². The third-order valence-corrected chi connectivity index (χ3v) is 6.38. The van der Waals surface area contributed by atoms with Crippen molar-refractivity contribution < 1.29 is 9.47 Å². The summed E-state index contributed by atoms with van der Waals surface area (Å²) in [6, 6.07) is 17.4. The number of aryl methyl sites for hydroxylation is 2. The number of fused-ring (bicyclic) bond motifs is 1. The Hall–Kier alpha value is -2.97. The molecule has 0 aliphatic rings. The average Bonchev–Trinajstić information content (AvgIpc) is 2.84. The number of ether oxygens (including phenoxy) is 2. The van der Waals surface area contributed by atoms with Crippen LogP contribution in [0.15, 0.2) is 73.4 Å². The highest BCUT2D eigenvalue weighted by Gasteiger charge is 2.14. The van der Waals surface area contributed by atoms with Gasteiger partial charge in [0.2, 0.25) is 0 Å². The quantitative estimate of drug-likeness (QED) is 0.213. The molecule has 8 heteroatoms. The molecule has 0 aliphatic heterocycles. The molecule has 0 atom stereocenters. The highest BCUT2D eigenvalue weighted by molar-refractivity contribution is 9.10. The zero-order chi connectivity index (χ0) is 24.9. The Bertz CT molecular complexity index is 1450. The largest absolute Gasteiger partial charge is 0.493 e. The first-order valence-electron chi connectivity index (χ1n) is 11.2. The van der Waals surface area contributed by atoms with Gasteiger partial charge in [-0.3, -0.25) is 4.79 Å². The molecular weight excluding hydrogens is 574 g/mol. The standard InChI is InChI=1S/C27H25Br2N3O3/c1-4-5-25-31-23-11-10-20(28)13-22(23)27(33)32(25)30-15-19-12-21(29)14-24(34-3)26(19)35-16-18-8-6-17(2)7-9-18/h6-15H,4-5,16H2,1-3H3. The van der Waals surface area contributed by atoms with Gasteiger partial charge in [-0.25, -0.2) is 4.98 Å². The number of methoxy groups -OCH3 is 1. The molecule has 0 radical (unpaired) electrons. The van der Waals surface area contributed by atoms with Crippen molar-refractivity contribution in [2.45, 2.75) is 33.3 Å². The third-order valence-electron chi connectivity index (χ3n) is 5.43. The molecule has 35 heavy (non-hydrogen) atoms. The fourth-order valence-electron chi connectivity index (χ4n) is 3.65. The van der Waals surface area contributed by atoms with Crippen molar-refractivity contribution >= 4 is 49.0 Å². The van der Waals surface area contributed by atoms with Crippen LogP contribution < -0.4 is 15.0 Å². The number of rotatable bonds is 8. The van der Waals surface area contributed by atoms with Crippen molar-refractivity contribution in [3.05, 3.63) is 96.4 Å². The van der Waals surface area contributed by atoms with Gasteiger partial charge in [-0.15, -0.1) is 0 Å². The van der Waals surface area contributed by atoms with Crippen LogP contribution in [0.25, 0.3) is 10.9 Å². The molecule has 0 saturated heterocycles. The highest BCUT2D eigenvalue weighted by atomic mass is 79.9. The molecule has 0 amide bonds. The van der Waals surface area contributed by atoms with Crippen LogP contribution in [0.5, 0.6) is 11.5 Å². The van der Waals surface area contributed by atoms with Crippen molar-refractivity contribution in [2.75, 3.05) is 7.11 Å². The minimum atomic E-state index is -0.222. The van der Waals surface area contributed by atoms with Gasteiger partial charge < -0.3 is 9.47 Å². The molecule has 0 saturated carbocycles. The molecule has 0 aliphatic carbocycles. The Morgan fingerprint density at radius 3 is 2.54 bits per heavy atom. The molecule has 6 nitrogen and oxygen atoms in total. The molecule has 1 heterocycles. The van der Waals surface area contributed by atoms with Crippen LogP contribution in [0, 0.1) is 6.92 Å². The first-order valence-corrected chi connectivity index (χ1v) is 12.8. The SMILES string of the molecule is CCCc1nc2ccc(Br)cc2c(=O)n1N=Cc1cc(Br)cc(OC)c1OCc1ccc(C)cc1. The maximum atomic E-state index is 13.3. The number of nitrogens with zero attached hydrogens (tertiary/aromatic N) is 3. The normalized spacial score (nSPS) is 11.3. The van der Waals surface area contributed by atoms with E-state index >= 15 is 0 Å². The lowest BCUT2D eigenvalue weighted by molar-refractivity contribution is 0.284. The van der Waals surface area contributed by atoms with Gasteiger partial charge in [0.15, 0.2) is 11.5 Å². The van der Waals surface area contributed by atoms with Gasteiger partial charge in [-0.2, -0.15) is 9.78 Å². The van der Waals surface area contributed by atoms with Crippen molar-refractivity contribution in [3.8, 4) is 11.5 Å². The van der Waals surface area contributed by atoms with Crippen LogP contribution in [-0.4, -0.2) is 23.0 Å². The molecular formula is C27H25Br2N3O3. The molecule has 0 unspecified atom stereocenters. The predicted molar refractivity (Wildman–Crippen MR) is 147 cm³/mol. The van der Waals surface area contributed by atoms with Gasteiger partial charge in [0.1, 0.15) is 12.4 Å². The van der Waals surface area contributed by atoms with E-state index in [4.69, 9.17) is 14.5 Å². The number of benzene rings is 3. The summed E-state index contributed by atoms with van der Waals surface area (Å²) in [6.07, 6.45) is 3.07. The lowest BCUT2D eigenvalue weighted by Gasteiger charge is -2.14. The summed E-state index contributed by atoms with van der Waals surface area (Å²) in [7, 11) is 1.59. The third kappa shape index (κ3) is 5.82. The summed E-state index contributed by atoms with van der Waals surface area (Å²) >= 11 is 6.97. The van der Waals surface area contributed by atoms with E-state index in [0.717, 1.165) is 20.9 Å². The van der Waals surface area contributed by atoms with Crippen LogP contribution in [0.1, 0.15) is 35.9 Å². The Morgan fingerprint density at radius 2 is 1.83 bits per heavy atom. The van der Waals surface area contributed by atoms with Crippen LogP contribution >= 0.6 is 31.9 Å². The second kappa shape index (κ2) is 11.2. The van der Waals surface area contributed by atoms with Gasteiger partial charge in [0.25, 0.3) is 5.56 Å². The molecule has 0 N–H and O–H groups in total. The fraction of sp³-hybridized carbons (Fsp3) is 0.222. The number of hydrogen-bond acceptors (Lipinski definition) is 5. The van der Waals surface area contributed by atoms with E-state index in [1.54, 1.807) is 19.4 Å². The second-order valence-electron chi connectivity index (χ2n) is 8.10. The van der Waals surface area contributed by atoms with Gasteiger partial charge >= 0.3 is 0 Å². The molecule has 4 aromatic rings. The average molecular weight is 599 g/mol. The number of hydrogen-bond donors (Lipinski definition) is 0. The van der Waals surface area contributed by atoms with Crippen LogP contribution in [-0.2, 0) is 13.0 Å². The molecule has 3 aromatic carbocycles. The van der Waals surface area contributed by atoms with E-state index in [1.165, 1.54) is 10.2 Å². The zero-order valence-electron chi connectivity index (χ0n) is 19.7. The Morgan fingerprint density at radius 1 is 1.06 bits per heavy atom. The van der Waals surface area contributed by atoms with Crippen LogP contribution in [0.2, 0.25) is 0 Å². The summed E-state index contributed by atoms with van der Waals surface area (Å²) in [5.41, 5.74) is 3.33. The second-order valence-corrected chi connectivity index (χ2v) is 9.93. The zero-order valence-corrected chi connectivity index (χ0v) is 22.9. The van der Waals surface area contributed by atoms with E-state index in [1.807, 2.05) is 62.4 Å². The lowest BCUT2D eigenvalue weighted by atomic mass is 10.1. The van der Waals surface area contributed by atoms with Gasteiger partial charge in [0.05, 0.1) is 24.2 Å². The maximum Gasteiger partial charge on any atom is 0.282 e. The topological polar surface area (TPSA) is 65.7 Å². The van der Waals surface area contributed by atoms with E-state index in [2.05, 4.69) is 37.0 Å². The summed E-state index contributed by atoms with van der Waals surface area (Å²) in [5.74, 6) is 1.71.